The molecule has 1 fully saturated rings. The number of hydrogen-bond donors (Lipinski definition) is 0. The number of hydrogen-bond acceptors (Lipinski definition) is 1. The molecule has 1 rings (SSSR count). The zero-order valence-electron chi connectivity index (χ0n) is 7.57. The van der Waals surface area contributed by atoms with Crippen molar-refractivity contribution in [3.63, 3.8) is 0 Å². The molecule has 13 heavy (non-hydrogen) atoms. The molecule has 1 aliphatic rings. The lowest BCUT2D eigenvalue weighted by Gasteiger charge is -2.35. The minimum Gasteiger partial charge on any atom is -0.368 e. The Hall–Kier alpha value is 0.550. The molecule has 0 heterocycles. The van der Waals surface area contributed by atoms with Gasteiger partial charge in [-0.05, 0) is 12.8 Å². The van der Waals surface area contributed by atoms with E-state index in [-0.39, 0.29) is 5.60 Å². The number of alkyl halides is 3. The summed E-state index contributed by atoms with van der Waals surface area (Å²) in [6, 6.07) is 0. The quantitative estimate of drug-likeness (QED) is 0.571. The van der Waals surface area contributed by atoms with Crippen LogP contribution in [0.25, 0.3) is 0 Å². The molecular weight excluding hydrogens is 289 g/mol. The number of rotatable bonds is 4. The summed E-state index contributed by atoms with van der Waals surface area (Å²) in [5, 5.41) is 0. The Balaban J connectivity index is 2.38. The maximum Gasteiger partial charge on any atom is 0.261 e. The first-order valence-corrected chi connectivity index (χ1v) is 6.19. The van der Waals surface area contributed by atoms with Crippen molar-refractivity contribution in [1.29, 1.82) is 0 Å². The van der Waals surface area contributed by atoms with Gasteiger partial charge in [-0.15, -0.1) is 0 Å². The average molecular weight is 304 g/mol. The maximum absolute atomic E-state index is 12.0. The Kier molecular flexibility index (Phi) is 4.86. The van der Waals surface area contributed by atoms with E-state index in [1.807, 2.05) is 0 Å². The largest absolute Gasteiger partial charge is 0.368 e. The standard InChI is InChI=1S/C9H15F2IO/c10-8(11)6-13-9(7-12)4-2-1-3-5-9/h8H,1-7H2. The minimum absolute atomic E-state index is 0.241. The van der Waals surface area contributed by atoms with Crippen LogP contribution in [0.1, 0.15) is 32.1 Å². The van der Waals surface area contributed by atoms with E-state index in [4.69, 9.17) is 4.74 Å². The van der Waals surface area contributed by atoms with Crippen LogP contribution in [0.15, 0.2) is 0 Å². The highest BCUT2D eigenvalue weighted by molar-refractivity contribution is 14.1. The summed E-state index contributed by atoms with van der Waals surface area (Å²) in [5.41, 5.74) is -0.241. The fourth-order valence-corrected chi connectivity index (χ4v) is 2.74. The molecule has 0 aromatic rings. The Labute approximate surface area is 91.4 Å². The summed E-state index contributed by atoms with van der Waals surface area (Å²) in [6.45, 7) is -0.400. The SMILES string of the molecule is FC(F)COC1(CI)CCCCC1. The predicted octanol–water partition coefficient (Wildman–Crippen LogP) is 3.41. The molecule has 0 aliphatic heterocycles. The highest BCUT2D eigenvalue weighted by Crippen LogP contribution is 2.33. The van der Waals surface area contributed by atoms with Gasteiger partial charge in [0, 0.05) is 4.43 Å². The monoisotopic (exact) mass is 304 g/mol. The lowest BCUT2D eigenvalue weighted by molar-refractivity contribution is -0.0915. The van der Waals surface area contributed by atoms with Gasteiger partial charge in [0.25, 0.3) is 6.43 Å². The third kappa shape index (κ3) is 3.65. The van der Waals surface area contributed by atoms with Crippen molar-refractivity contribution < 1.29 is 13.5 Å². The zero-order valence-corrected chi connectivity index (χ0v) is 9.73. The van der Waals surface area contributed by atoms with Crippen molar-refractivity contribution in [2.75, 3.05) is 11.0 Å². The van der Waals surface area contributed by atoms with Crippen molar-refractivity contribution in [2.24, 2.45) is 0 Å². The minimum atomic E-state index is -2.33. The molecular formula is C9H15F2IO. The highest BCUT2D eigenvalue weighted by Gasteiger charge is 2.32. The topological polar surface area (TPSA) is 9.23 Å². The van der Waals surface area contributed by atoms with Gasteiger partial charge in [-0.2, -0.15) is 0 Å². The molecule has 0 atom stereocenters. The van der Waals surface area contributed by atoms with E-state index in [9.17, 15) is 8.78 Å². The predicted molar refractivity (Wildman–Crippen MR) is 56.7 cm³/mol. The Morgan fingerprint density at radius 3 is 2.31 bits per heavy atom. The van der Waals surface area contributed by atoms with E-state index < -0.39 is 13.0 Å². The van der Waals surface area contributed by atoms with E-state index in [1.54, 1.807) is 0 Å². The smallest absolute Gasteiger partial charge is 0.261 e. The Morgan fingerprint density at radius 1 is 1.23 bits per heavy atom. The van der Waals surface area contributed by atoms with Crippen LogP contribution in [0.3, 0.4) is 0 Å². The van der Waals surface area contributed by atoms with Crippen LogP contribution >= 0.6 is 22.6 Å². The molecule has 1 nitrogen and oxygen atoms in total. The summed E-state index contributed by atoms with van der Waals surface area (Å²) >= 11 is 2.24. The molecule has 0 N–H and O–H groups in total. The summed E-state index contributed by atoms with van der Waals surface area (Å²) in [4.78, 5) is 0. The third-order valence-electron chi connectivity index (χ3n) is 2.52. The molecule has 4 heteroatoms. The molecule has 0 unspecified atom stereocenters. The molecule has 0 aromatic heterocycles. The van der Waals surface area contributed by atoms with Crippen LogP contribution in [0, 0.1) is 0 Å². The van der Waals surface area contributed by atoms with Crippen LogP contribution in [-0.4, -0.2) is 23.1 Å². The summed E-state index contributed by atoms with van der Waals surface area (Å²) in [6.07, 6.45) is 3.02. The van der Waals surface area contributed by atoms with Crippen molar-refractivity contribution in [3.05, 3.63) is 0 Å². The van der Waals surface area contributed by atoms with Crippen LogP contribution in [0.5, 0.6) is 0 Å². The lowest BCUT2D eigenvalue weighted by Crippen LogP contribution is -2.38. The summed E-state index contributed by atoms with van der Waals surface area (Å²) in [5.74, 6) is 0. The molecule has 1 aliphatic carbocycles. The first kappa shape index (κ1) is 11.6. The third-order valence-corrected chi connectivity index (χ3v) is 3.91. The van der Waals surface area contributed by atoms with Gasteiger partial charge in [0.1, 0.15) is 6.61 Å². The molecule has 0 bridgehead atoms. The van der Waals surface area contributed by atoms with Crippen LogP contribution in [0.2, 0.25) is 0 Å². The maximum atomic E-state index is 12.0. The van der Waals surface area contributed by atoms with E-state index in [2.05, 4.69) is 22.6 Å². The molecule has 0 amide bonds. The van der Waals surface area contributed by atoms with Gasteiger partial charge in [0.15, 0.2) is 0 Å². The molecule has 1 saturated carbocycles. The summed E-state index contributed by atoms with van der Waals surface area (Å²) < 4.78 is 30.1. The van der Waals surface area contributed by atoms with Gasteiger partial charge in [0.05, 0.1) is 5.60 Å². The fourth-order valence-electron chi connectivity index (χ4n) is 1.75. The zero-order chi connectivity index (χ0) is 9.73. The normalized spacial score (nSPS) is 22.2. The summed E-state index contributed by atoms with van der Waals surface area (Å²) in [7, 11) is 0. The lowest BCUT2D eigenvalue weighted by atomic mass is 9.86. The van der Waals surface area contributed by atoms with Crippen LogP contribution < -0.4 is 0 Å². The van der Waals surface area contributed by atoms with Gasteiger partial charge >= 0.3 is 0 Å². The Bertz CT molecular complexity index is 147. The second-order valence-corrected chi connectivity index (χ2v) is 4.34. The second kappa shape index (κ2) is 5.44. The van der Waals surface area contributed by atoms with Gasteiger partial charge in [-0.1, -0.05) is 41.9 Å². The first-order valence-electron chi connectivity index (χ1n) is 4.67. The van der Waals surface area contributed by atoms with Crippen molar-refractivity contribution >= 4 is 22.6 Å². The highest BCUT2D eigenvalue weighted by atomic mass is 127. The fraction of sp³-hybridized carbons (Fsp3) is 1.00. The van der Waals surface area contributed by atoms with Gasteiger partial charge in [-0.3, -0.25) is 0 Å². The molecule has 0 aromatic carbocycles. The molecule has 78 valence electrons. The van der Waals surface area contributed by atoms with E-state index in [0.29, 0.717) is 0 Å². The van der Waals surface area contributed by atoms with E-state index in [1.165, 1.54) is 6.42 Å². The van der Waals surface area contributed by atoms with E-state index in [0.717, 1.165) is 30.1 Å². The van der Waals surface area contributed by atoms with Crippen molar-refractivity contribution in [3.8, 4) is 0 Å². The number of ether oxygens (including phenoxy) is 1. The number of halogens is 3. The molecule has 0 spiro atoms. The molecule has 0 radical (unpaired) electrons. The van der Waals surface area contributed by atoms with Crippen LogP contribution in [0.4, 0.5) is 8.78 Å². The van der Waals surface area contributed by atoms with Gasteiger partial charge in [0.2, 0.25) is 0 Å². The second-order valence-electron chi connectivity index (χ2n) is 3.58. The van der Waals surface area contributed by atoms with Crippen molar-refractivity contribution in [1.82, 2.24) is 0 Å². The van der Waals surface area contributed by atoms with Crippen LogP contribution in [-0.2, 0) is 4.74 Å². The molecule has 0 saturated heterocycles. The van der Waals surface area contributed by atoms with E-state index >= 15 is 0 Å². The van der Waals surface area contributed by atoms with Gasteiger partial charge < -0.3 is 4.74 Å². The Morgan fingerprint density at radius 2 is 1.85 bits per heavy atom. The first-order chi connectivity index (χ1) is 6.18. The van der Waals surface area contributed by atoms with Gasteiger partial charge in [-0.25, -0.2) is 8.78 Å². The van der Waals surface area contributed by atoms with Crippen molar-refractivity contribution in [2.45, 2.75) is 44.1 Å². The average Bonchev–Trinajstić information content (AvgIpc) is 2.16.